The van der Waals surface area contributed by atoms with Crippen molar-refractivity contribution in [3.63, 3.8) is 0 Å². The highest BCUT2D eigenvalue weighted by atomic mass is 16.4. The fourth-order valence-corrected chi connectivity index (χ4v) is 2.62. The molecule has 0 aromatic carbocycles. The standard InChI is InChI=1S/C20H37NO3/c1-2-3-4-5-6-7-8-9-10-11-12-13-14-15-16-17-19(22)21-18-20(23)24/h7-8H,2-6,9-18H2,1H3,(H,21,22)(H,23,24)/b8-7+. The van der Waals surface area contributed by atoms with Crippen molar-refractivity contribution in [3.8, 4) is 0 Å². The second-order valence-electron chi connectivity index (χ2n) is 6.50. The van der Waals surface area contributed by atoms with Crippen LogP contribution in [-0.4, -0.2) is 23.5 Å². The Labute approximate surface area is 148 Å². The number of aliphatic carboxylic acids is 1. The van der Waals surface area contributed by atoms with Gasteiger partial charge in [-0.3, -0.25) is 9.59 Å². The first kappa shape index (κ1) is 22.7. The van der Waals surface area contributed by atoms with E-state index in [1.54, 1.807) is 0 Å². The smallest absolute Gasteiger partial charge is 0.322 e. The Kier molecular flexibility index (Phi) is 17.0. The van der Waals surface area contributed by atoms with Crippen LogP contribution < -0.4 is 5.32 Å². The van der Waals surface area contributed by atoms with Gasteiger partial charge >= 0.3 is 5.97 Å². The Morgan fingerprint density at radius 2 is 1.29 bits per heavy atom. The predicted octanol–water partition coefficient (Wildman–Crippen LogP) is 5.22. The molecule has 0 unspecified atom stereocenters. The zero-order valence-corrected chi connectivity index (χ0v) is 15.5. The SMILES string of the molecule is CCCCCC/C=C/CCCCCCCCCC(=O)NCC(=O)O. The summed E-state index contributed by atoms with van der Waals surface area (Å²) in [5.41, 5.74) is 0. The van der Waals surface area contributed by atoms with E-state index < -0.39 is 5.97 Å². The first-order chi connectivity index (χ1) is 11.7. The molecule has 4 nitrogen and oxygen atoms in total. The molecule has 0 aromatic rings. The average molecular weight is 340 g/mol. The van der Waals surface area contributed by atoms with E-state index >= 15 is 0 Å². The summed E-state index contributed by atoms with van der Waals surface area (Å²) in [5.74, 6) is -1.14. The number of amides is 1. The second-order valence-corrected chi connectivity index (χ2v) is 6.50. The molecule has 0 saturated heterocycles. The molecule has 0 aliphatic heterocycles. The number of nitrogens with one attached hydrogen (secondary N) is 1. The van der Waals surface area contributed by atoms with Gasteiger partial charge in [0.25, 0.3) is 0 Å². The van der Waals surface area contributed by atoms with Crippen LogP contribution in [0.2, 0.25) is 0 Å². The fraction of sp³-hybridized carbons (Fsp3) is 0.800. The van der Waals surface area contributed by atoms with E-state index in [2.05, 4.69) is 24.4 Å². The van der Waals surface area contributed by atoms with Crippen LogP contribution in [0.25, 0.3) is 0 Å². The molecular formula is C20H37NO3. The van der Waals surface area contributed by atoms with Crippen LogP contribution >= 0.6 is 0 Å². The highest BCUT2D eigenvalue weighted by molar-refractivity contribution is 5.80. The number of hydrogen-bond acceptors (Lipinski definition) is 2. The number of carbonyl (C=O) groups is 2. The van der Waals surface area contributed by atoms with E-state index in [1.165, 1.54) is 70.6 Å². The summed E-state index contributed by atoms with van der Waals surface area (Å²) in [7, 11) is 0. The molecule has 0 radical (unpaired) electrons. The normalized spacial score (nSPS) is 11.0. The summed E-state index contributed by atoms with van der Waals surface area (Å²) in [5, 5.41) is 10.8. The minimum atomic E-state index is -0.991. The first-order valence-electron chi connectivity index (χ1n) is 9.80. The van der Waals surface area contributed by atoms with Crippen LogP contribution in [0, 0.1) is 0 Å². The van der Waals surface area contributed by atoms with Crippen LogP contribution in [-0.2, 0) is 9.59 Å². The van der Waals surface area contributed by atoms with Crippen molar-refractivity contribution in [2.24, 2.45) is 0 Å². The average Bonchev–Trinajstić information content (AvgIpc) is 2.56. The van der Waals surface area contributed by atoms with E-state index in [0.717, 1.165) is 12.8 Å². The molecule has 1 amide bonds. The number of hydrogen-bond donors (Lipinski definition) is 2. The summed E-state index contributed by atoms with van der Waals surface area (Å²) in [6, 6.07) is 0. The summed E-state index contributed by atoms with van der Waals surface area (Å²) < 4.78 is 0. The molecule has 2 N–H and O–H groups in total. The largest absolute Gasteiger partial charge is 0.480 e. The van der Waals surface area contributed by atoms with Gasteiger partial charge in [-0.05, 0) is 32.1 Å². The van der Waals surface area contributed by atoms with Crippen LogP contribution in [0.15, 0.2) is 12.2 Å². The molecule has 0 heterocycles. The molecule has 0 spiro atoms. The molecule has 0 aliphatic rings. The lowest BCUT2D eigenvalue weighted by Gasteiger charge is -2.03. The van der Waals surface area contributed by atoms with Crippen molar-refractivity contribution >= 4 is 11.9 Å². The summed E-state index contributed by atoms with van der Waals surface area (Å²) in [6.07, 6.45) is 21.1. The predicted molar refractivity (Wildman–Crippen MR) is 100 cm³/mol. The Balaban J connectivity index is 3.18. The first-order valence-corrected chi connectivity index (χ1v) is 9.80. The Hall–Kier alpha value is -1.32. The van der Waals surface area contributed by atoms with E-state index in [9.17, 15) is 9.59 Å². The van der Waals surface area contributed by atoms with Crippen molar-refractivity contribution in [1.82, 2.24) is 5.32 Å². The summed E-state index contributed by atoms with van der Waals surface area (Å²) >= 11 is 0. The Bertz CT molecular complexity index is 340. The van der Waals surface area contributed by atoms with Crippen molar-refractivity contribution in [2.45, 2.75) is 96.8 Å². The molecule has 0 atom stereocenters. The van der Waals surface area contributed by atoms with Gasteiger partial charge in [0.05, 0.1) is 0 Å². The highest BCUT2D eigenvalue weighted by Crippen LogP contribution is 2.10. The molecule has 0 aliphatic carbocycles. The minimum Gasteiger partial charge on any atom is -0.480 e. The van der Waals surface area contributed by atoms with Gasteiger partial charge in [-0.25, -0.2) is 0 Å². The lowest BCUT2D eigenvalue weighted by Crippen LogP contribution is -2.28. The van der Waals surface area contributed by atoms with Gasteiger partial charge in [0.15, 0.2) is 0 Å². The van der Waals surface area contributed by atoms with Gasteiger partial charge < -0.3 is 10.4 Å². The molecule has 0 bridgehead atoms. The van der Waals surface area contributed by atoms with E-state index in [-0.39, 0.29) is 12.5 Å². The van der Waals surface area contributed by atoms with Crippen LogP contribution in [0.4, 0.5) is 0 Å². The zero-order valence-electron chi connectivity index (χ0n) is 15.5. The zero-order chi connectivity index (χ0) is 17.9. The maximum absolute atomic E-state index is 11.3. The lowest BCUT2D eigenvalue weighted by molar-refractivity contribution is -0.137. The van der Waals surface area contributed by atoms with Crippen LogP contribution in [0.1, 0.15) is 96.8 Å². The van der Waals surface area contributed by atoms with E-state index in [1.807, 2.05) is 0 Å². The molecule has 0 aromatic heterocycles. The Morgan fingerprint density at radius 3 is 1.83 bits per heavy atom. The van der Waals surface area contributed by atoms with Gasteiger partial charge in [0.1, 0.15) is 6.54 Å². The third-order valence-electron chi connectivity index (χ3n) is 4.10. The minimum absolute atomic E-state index is 0.154. The van der Waals surface area contributed by atoms with Crippen molar-refractivity contribution in [3.05, 3.63) is 12.2 Å². The monoisotopic (exact) mass is 339 g/mol. The highest BCUT2D eigenvalue weighted by Gasteiger charge is 2.02. The van der Waals surface area contributed by atoms with Crippen molar-refractivity contribution in [1.29, 1.82) is 0 Å². The quantitative estimate of drug-likeness (QED) is 0.282. The summed E-state index contributed by atoms with van der Waals surface area (Å²) in [4.78, 5) is 21.6. The van der Waals surface area contributed by atoms with Crippen LogP contribution in [0.5, 0.6) is 0 Å². The van der Waals surface area contributed by atoms with Gasteiger partial charge in [0.2, 0.25) is 5.91 Å². The van der Waals surface area contributed by atoms with Crippen molar-refractivity contribution in [2.75, 3.05) is 6.54 Å². The summed E-state index contributed by atoms with van der Waals surface area (Å²) in [6.45, 7) is 1.97. The third kappa shape index (κ3) is 18.7. The molecular weight excluding hydrogens is 302 g/mol. The maximum atomic E-state index is 11.3. The molecule has 0 saturated carbocycles. The molecule has 140 valence electrons. The number of carboxylic acid groups (broad SMARTS) is 1. The molecule has 4 heteroatoms. The van der Waals surface area contributed by atoms with Gasteiger partial charge in [-0.2, -0.15) is 0 Å². The molecule has 24 heavy (non-hydrogen) atoms. The lowest BCUT2D eigenvalue weighted by atomic mass is 10.1. The van der Waals surface area contributed by atoms with Gasteiger partial charge in [-0.15, -0.1) is 0 Å². The van der Waals surface area contributed by atoms with E-state index in [4.69, 9.17) is 5.11 Å². The maximum Gasteiger partial charge on any atom is 0.322 e. The number of carbonyl (C=O) groups excluding carboxylic acids is 1. The topological polar surface area (TPSA) is 66.4 Å². The van der Waals surface area contributed by atoms with Crippen molar-refractivity contribution < 1.29 is 14.7 Å². The second kappa shape index (κ2) is 18.0. The number of rotatable bonds is 17. The van der Waals surface area contributed by atoms with Crippen LogP contribution in [0.3, 0.4) is 0 Å². The molecule has 0 fully saturated rings. The van der Waals surface area contributed by atoms with Gasteiger partial charge in [-0.1, -0.05) is 70.4 Å². The Morgan fingerprint density at radius 1 is 0.792 bits per heavy atom. The third-order valence-corrected chi connectivity index (χ3v) is 4.10. The van der Waals surface area contributed by atoms with Gasteiger partial charge in [0, 0.05) is 6.42 Å². The number of allylic oxidation sites excluding steroid dienone is 2. The fourth-order valence-electron chi connectivity index (χ4n) is 2.62. The number of unbranched alkanes of at least 4 members (excludes halogenated alkanes) is 11. The molecule has 0 rings (SSSR count). The number of carboxylic acids is 1. The van der Waals surface area contributed by atoms with E-state index in [0.29, 0.717) is 6.42 Å².